The van der Waals surface area contributed by atoms with Crippen molar-refractivity contribution in [2.45, 2.75) is 63.4 Å². The largest absolute Gasteiger partial charge is 0.391 e. The topological polar surface area (TPSA) is 36.4 Å². The second kappa shape index (κ2) is 8.31. The van der Waals surface area contributed by atoms with Gasteiger partial charge in [0.1, 0.15) is 0 Å². The highest BCUT2D eigenvalue weighted by molar-refractivity contribution is 7.99. The number of nitrogens with one attached hydrogen (secondary N) is 2. The second-order valence-electron chi connectivity index (χ2n) is 6.39. The van der Waals surface area contributed by atoms with Gasteiger partial charge >= 0.3 is 6.18 Å². The molecule has 1 aliphatic rings. The summed E-state index contributed by atoms with van der Waals surface area (Å²) in [4.78, 5) is 4.57. The Morgan fingerprint density at radius 2 is 1.77 bits per heavy atom. The van der Waals surface area contributed by atoms with Crippen molar-refractivity contribution in [2.75, 3.05) is 19.3 Å². The number of halogens is 3. The Labute approximate surface area is 135 Å². The van der Waals surface area contributed by atoms with E-state index < -0.39 is 12.1 Å². The van der Waals surface area contributed by atoms with Gasteiger partial charge in [-0.05, 0) is 52.7 Å². The Hall–Kier alpha value is -0.590. The minimum atomic E-state index is -4.05. The highest BCUT2D eigenvalue weighted by Crippen LogP contribution is 2.37. The van der Waals surface area contributed by atoms with E-state index in [4.69, 9.17) is 0 Å². The molecule has 22 heavy (non-hydrogen) atoms. The van der Waals surface area contributed by atoms with Gasteiger partial charge in [-0.15, -0.1) is 0 Å². The van der Waals surface area contributed by atoms with Crippen LogP contribution in [0.4, 0.5) is 13.2 Å². The maximum Gasteiger partial charge on any atom is 0.391 e. The van der Waals surface area contributed by atoms with Crippen LogP contribution in [0.1, 0.15) is 46.5 Å². The molecule has 0 unspecified atom stereocenters. The fourth-order valence-electron chi connectivity index (χ4n) is 2.41. The molecule has 0 heterocycles. The molecule has 3 nitrogen and oxygen atoms in total. The van der Waals surface area contributed by atoms with Gasteiger partial charge in [-0.2, -0.15) is 24.9 Å². The molecular formula is C15H28F3N3S. The van der Waals surface area contributed by atoms with Crippen LogP contribution in [0.15, 0.2) is 4.99 Å². The number of guanidine groups is 1. The molecule has 0 radical (unpaired) electrons. The highest BCUT2D eigenvalue weighted by atomic mass is 32.2. The van der Waals surface area contributed by atoms with Gasteiger partial charge in [0.05, 0.1) is 12.5 Å². The van der Waals surface area contributed by atoms with Crippen molar-refractivity contribution >= 4 is 17.7 Å². The zero-order valence-corrected chi connectivity index (χ0v) is 14.7. The van der Waals surface area contributed by atoms with Gasteiger partial charge in [0, 0.05) is 17.3 Å². The first kappa shape index (κ1) is 19.5. The van der Waals surface area contributed by atoms with Gasteiger partial charge < -0.3 is 10.6 Å². The van der Waals surface area contributed by atoms with Crippen molar-refractivity contribution in [1.29, 1.82) is 0 Å². The normalized spacial score (nSPS) is 24.2. The van der Waals surface area contributed by atoms with Gasteiger partial charge in [0.2, 0.25) is 0 Å². The van der Waals surface area contributed by atoms with Crippen LogP contribution >= 0.6 is 11.8 Å². The summed E-state index contributed by atoms with van der Waals surface area (Å²) in [5.74, 6) is -0.430. The van der Waals surface area contributed by atoms with E-state index in [-0.39, 0.29) is 23.6 Å². The molecule has 0 bridgehead atoms. The second-order valence-corrected chi connectivity index (χ2v) is 7.91. The Bertz CT molecular complexity index is 362. The Balaban J connectivity index is 2.53. The average Bonchev–Trinajstić information content (AvgIpc) is 2.45. The van der Waals surface area contributed by atoms with Crippen LogP contribution in [0.2, 0.25) is 0 Å². The van der Waals surface area contributed by atoms with Gasteiger partial charge in [-0.25, -0.2) is 0 Å². The van der Waals surface area contributed by atoms with Crippen molar-refractivity contribution in [3.63, 3.8) is 0 Å². The number of hydrogen-bond acceptors (Lipinski definition) is 2. The number of thioether (sulfide) groups is 1. The third-order valence-corrected chi connectivity index (χ3v) is 5.28. The fraction of sp³-hybridized carbons (Fsp3) is 0.933. The summed E-state index contributed by atoms with van der Waals surface area (Å²) < 4.78 is 38.1. The molecule has 0 aromatic rings. The van der Waals surface area contributed by atoms with E-state index in [1.165, 1.54) is 0 Å². The Morgan fingerprint density at radius 1 is 1.18 bits per heavy atom. The smallest absolute Gasteiger partial charge is 0.357 e. The number of nitrogens with zero attached hydrogens (tertiary/aromatic N) is 1. The molecule has 1 fully saturated rings. The molecule has 0 amide bonds. The SMILES string of the molecule is CCNC(=NCC(C)(C)SC)NC1CCC(C(F)(F)F)CC1. The number of alkyl halides is 3. The van der Waals surface area contributed by atoms with Crippen molar-refractivity contribution in [1.82, 2.24) is 10.6 Å². The summed E-state index contributed by atoms with van der Waals surface area (Å²) >= 11 is 1.75. The Kier molecular flexibility index (Phi) is 7.35. The molecule has 0 saturated heterocycles. The standard InChI is InChI=1S/C15H28F3N3S/c1-5-19-13(20-10-14(2,3)22-4)21-12-8-6-11(7-9-12)15(16,17)18/h11-12H,5-10H2,1-4H3,(H2,19,20,21). The third-order valence-electron chi connectivity index (χ3n) is 4.05. The summed E-state index contributed by atoms with van der Waals surface area (Å²) in [7, 11) is 0. The maximum atomic E-state index is 12.7. The molecule has 0 aromatic carbocycles. The van der Waals surface area contributed by atoms with Crippen molar-refractivity contribution < 1.29 is 13.2 Å². The lowest BCUT2D eigenvalue weighted by atomic mass is 9.85. The molecular weight excluding hydrogens is 311 g/mol. The van der Waals surface area contributed by atoms with Crippen LogP contribution < -0.4 is 10.6 Å². The van der Waals surface area contributed by atoms with E-state index >= 15 is 0 Å². The number of aliphatic imine (C=N–C) groups is 1. The zero-order valence-electron chi connectivity index (χ0n) is 13.9. The summed E-state index contributed by atoms with van der Waals surface area (Å²) in [6, 6.07) is 0.0776. The van der Waals surface area contributed by atoms with Crippen LogP contribution in [-0.4, -0.2) is 42.3 Å². The monoisotopic (exact) mass is 339 g/mol. The van der Waals surface area contributed by atoms with E-state index in [1.807, 2.05) is 13.2 Å². The molecule has 7 heteroatoms. The molecule has 0 aromatic heterocycles. The number of rotatable bonds is 5. The van der Waals surface area contributed by atoms with Gasteiger partial charge in [-0.1, -0.05) is 0 Å². The van der Waals surface area contributed by atoms with Crippen molar-refractivity contribution in [3.8, 4) is 0 Å². The summed E-state index contributed by atoms with van der Waals surface area (Å²) in [6.45, 7) is 7.64. The lowest BCUT2D eigenvalue weighted by Gasteiger charge is -2.31. The summed E-state index contributed by atoms with van der Waals surface area (Å²) in [5.41, 5.74) is 0. The number of hydrogen-bond donors (Lipinski definition) is 2. The van der Waals surface area contributed by atoms with Crippen LogP contribution in [0.5, 0.6) is 0 Å². The molecule has 1 saturated carbocycles. The molecule has 0 atom stereocenters. The van der Waals surface area contributed by atoms with E-state index in [1.54, 1.807) is 11.8 Å². The molecule has 0 aliphatic heterocycles. The van der Waals surface area contributed by atoms with E-state index in [0.29, 0.717) is 25.3 Å². The lowest BCUT2D eigenvalue weighted by Crippen LogP contribution is -2.46. The summed E-state index contributed by atoms with van der Waals surface area (Å²) in [6.07, 6.45) is -0.505. The van der Waals surface area contributed by atoms with Gasteiger partial charge in [0.25, 0.3) is 0 Å². The molecule has 0 spiro atoms. The minimum Gasteiger partial charge on any atom is -0.357 e. The van der Waals surface area contributed by atoms with Crippen LogP contribution in [-0.2, 0) is 0 Å². The molecule has 2 N–H and O–H groups in total. The van der Waals surface area contributed by atoms with E-state index in [0.717, 1.165) is 6.54 Å². The molecule has 1 aliphatic carbocycles. The fourth-order valence-corrected chi connectivity index (χ4v) is 2.61. The first-order valence-electron chi connectivity index (χ1n) is 7.84. The first-order valence-corrected chi connectivity index (χ1v) is 9.07. The predicted octanol–water partition coefficient (Wildman–Crippen LogP) is 3.80. The van der Waals surface area contributed by atoms with Gasteiger partial charge in [-0.3, -0.25) is 4.99 Å². The maximum absolute atomic E-state index is 12.7. The lowest BCUT2D eigenvalue weighted by molar-refractivity contribution is -0.182. The third kappa shape index (κ3) is 6.67. The quantitative estimate of drug-likeness (QED) is 0.591. The predicted molar refractivity (Wildman–Crippen MR) is 88.5 cm³/mol. The van der Waals surface area contributed by atoms with Crippen molar-refractivity contribution in [2.24, 2.45) is 10.9 Å². The highest BCUT2D eigenvalue weighted by Gasteiger charge is 2.41. The molecule has 130 valence electrons. The van der Waals surface area contributed by atoms with E-state index in [2.05, 4.69) is 29.5 Å². The van der Waals surface area contributed by atoms with Gasteiger partial charge in [0.15, 0.2) is 5.96 Å². The average molecular weight is 339 g/mol. The van der Waals surface area contributed by atoms with E-state index in [9.17, 15) is 13.2 Å². The first-order chi connectivity index (χ1) is 10.2. The van der Waals surface area contributed by atoms with Crippen molar-refractivity contribution in [3.05, 3.63) is 0 Å². The van der Waals surface area contributed by atoms with Crippen LogP contribution in [0, 0.1) is 5.92 Å². The summed E-state index contributed by atoms with van der Waals surface area (Å²) in [5, 5.41) is 6.46. The van der Waals surface area contributed by atoms with Crippen LogP contribution in [0.3, 0.4) is 0 Å². The molecule has 1 rings (SSSR count). The Morgan fingerprint density at radius 3 is 2.23 bits per heavy atom. The van der Waals surface area contributed by atoms with Crippen LogP contribution in [0.25, 0.3) is 0 Å². The zero-order chi connectivity index (χ0) is 16.8. The minimum absolute atomic E-state index is 0.0519.